The van der Waals surface area contributed by atoms with Gasteiger partial charge in [-0.05, 0) is 24.7 Å². The Morgan fingerprint density at radius 1 is 1.21 bits per heavy atom. The van der Waals surface area contributed by atoms with Crippen molar-refractivity contribution in [2.75, 3.05) is 0 Å². The summed E-state index contributed by atoms with van der Waals surface area (Å²) in [5, 5.41) is 0. The van der Waals surface area contributed by atoms with Crippen molar-refractivity contribution in [1.82, 2.24) is 9.55 Å². The SMILES string of the molecule is Cc1ccc(-c2c[nH]c(=S)n2C)cc1. The molecule has 3 heteroatoms. The largest absolute Gasteiger partial charge is 0.337 e. The number of benzene rings is 1. The summed E-state index contributed by atoms with van der Waals surface area (Å²) < 4.78 is 2.72. The third-order valence-corrected chi connectivity index (χ3v) is 2.74. The number of aromatic nitrogens is 2. The molecule has 0 aliphatic heterocycles. The van der Waals surface area contributed by atoms with Crippen LogP contribution in [0.1, 0.15) is 5.56 Å². The van der Waals surface area contributed by atoms with Gasteiger partial charge in [-0.1, -0.05) is 29.8 Å². The normalized spacial score (nSPS) is 10.4. The first-order chi connectivity index (χ1) is 6.68. The van der Waals surface area contributed by atoms with Crippen LogP contribution < -0.4 is 0 Å². The first-order valence-corrected chi connectivity index (χ1v) is 4.91. The predicted octanol–water partition coefficient (Wildman–Crippen LogP) is 3.06. The first-order valence-electron chi connectivity index (χ1n) is 4.50. The van der Waals surface area contributed by atoms with E-state index < -0.39 is 0 Å². The van der Waals surface area contributed by atoms with Crippen LogP contribution in [0, 0.1) is 11.7 Å². The van der Waals surface area contributed by atoms with Crippen LogP contribution in [0.5, 0.6) is 0 Å². The van der Waals surface area contributed by atoms with Gasteiger partial charge in [0.15, 0.2) is 4.77 Å². The molecule has 0 aliphatic carbocycles. The minimum absolute atomic E-state index is 0.751. The molecule has 0 atom stereocenters. The molecule has 1 heterocycles. The number of H-pyrrole nitrogens is 1. The summed E-state index contributed by atoms with van der Waals surface area (Å²) in [5.41, 5.74) is 3.57. The van der Waals surface area contributed by atoms with Crippen molar-refractivity contribution in [1.29, 1.82) is 0 Å². The van der Waals surface area contributed by atoms with Gasteiger partial charge in [0.25, 0.3) is 0 Å². The van der Waals surface area contributed by atoms with Gasteiger partial charge >= 0.3 is 0 Å². The summed E-state index contributed by atoms with van der Waals surface area (Å²) in [6.07, 6.45) is 1.94. The monoisotopic (exact) mass is 204 g/mol. The van der Waals surface area contributed by atoms with Crippen LogP contribution in [0.3, 0.4) is 0 Å². The summed E-state index contributed by atoms with van der Waals surface area (Å²) in [4.78, 5) is 3.03. The van der Waals surface area contributed by atoms with Crippen molar-refractivity contribution >= 4 is 12.2 Å². The standard InChI is InChI=1S/C11H12N2S/c1-8-3-5-9(6-4-8)10-7-12-11(14)13(10)2/h3-7H,1-2H3,(H,12,14). The molecule has 0 amide bonds. The molecule has 2 nitrogen and oxygen atoms in total. The Bertz CT molecular complexity index is 491. The lowest BCUT2D eigenvalue weighted by Gasteiger charge is -2.02. The zero-order valence-electron chi connectivity index (χ0n) is 8.24. The van der Waals surface area contributed by atoms with Crippen molar-refractivity contribution in [3.05, 3.63) is 40.8 Å². The minimum atomic E-state index is 0.751. The van der Waals surface area contributed by atoms with Gasteiger partial charge in [0.05, 0.1) is 5.69 Å². The number of aryl methyl sites for hydroxylation is 1. The lowest BCUT2D eigenvalue weighted by Crippen LogP contribution is -1.90. The summed E-state index contributed by atoms with van der Waals surface area (Å²) in [6, 6.07) is 8.41. The molecule has 2 rings (SSSR count). The van der Waals surface area contributed by atoms with Crippen LogP contribution >= 0.6 is 12.2 Å². The average Bonchev–Trinajstić information content (AvgIpc) is 2.50. The Morgan fingerprint density at radius 3 is 2.36 bits per heavy atom. The van der Waals surface area contributed by atoms with E-state index in [-0.39, 0.29) is 0 Å². The third-order valence-electron chi connectivity index (χ3n) is 2.35. The van der Waals surface area contributed by atoms with E-state index in [0.717, 1.165) is 10.5 Å². The molecule has 0 spiro atoms. The number of rotatable bonds is 1. The zero-order valence-corrected chi connectivity index (χ0v) is 9.06. The van der Waals surface area contributed by atoms with Crippen molar-refractivity contribution in [2.24, 2.45) is 7.05 Å². The Labute approximate surface area is 88.2 Å². The first kappa shape index (κ1) is 9.21. The molecule has 0 unspecified atom stereocenters. The lowest BCUT2D eigenvalue weighted by molar-refractivity contribution is 0.902. The van der Waals surface area contributed by atoms with Crippen molar-refractivity contribution in [3.63, 3.8) is 0 Å². The Balaban J connectivity index is 2.55. The van der Waals surface area contributed by atoms with Crippen molar-refractivity contribution < 1.29 is 0 Å². The maximum Gasteiger partial charge on any atom is 0.177 e. The number of nitrogens with one attached hydrogen (secondary N) is 1. The number of hydrogen-bond acceptors (Lipinski definition) is 1. The second-order valence-electron chi connectivity index (χ2n) is 3.40. The van der Waals surface area contributed by atoms with E-state index in [4.69, 9.17) is 12.2 Å². The van der Waals surface area contributed by atoms with E-state index in [1.165, 1.54) is 11.1 Å². The molecule has 0 aliphatic rings. The molecular formula is C11H12N2S. The van der Waals surface area contributed by atoms with E-state index >= 15 is 0 Å². The van der Waals surface area contributed by atoms with Crippen molar-refractivity contribution in [3.8, 4) is 11.3 Å². The van der Waals surface area contributed by atoms with Gasteiger partial charge in [0.1, 0.15) is 0 Å². The van der Waals surface area contributed by atoms with E-state index in [9.17, 15) is 0 Å². The van der Waals surface area contributed by atoms with Crippen LogP contribution in [-0.4, -0.2) is 9.55 Å². The molecule has 14 heavy (non-hydrogen) atoms. The smallest absolute Gasteiger partial charge is 0.177 e. The Morgan fingerprint density at radius 2 is 1.86 bits per heavy atom. The molecular weight excluding hydrogens is 192 g/mol. The van der Waals surface area contributed by atoms with Crippen LogP contribution in [0.15, 0.2) is 30.5 Å². The van der Waals surface area contributed by atoms with E-state index in [1.54, 1.807) is 0 Å². The molecule has 1 aromatic carbocycles. The highest BCUT2D eigenvalue weighted by molar-refractivity contribution is 7.71. The molecule has 0 radical (unpaired) electrons. The Kier molecular flexibility index (Phi) is 2.25. The van der Waals surface area contributed by atoms with Crippen LogP contribution in [-0.2, 0) is 7.05 Å². The maximum atomic E-state index is 5.11. The second kappa shape index (κ2) is 3.42. The maximum absolute atomic E-state index is 5.11. The fourth-order valence-electron chi connectivity index (χ4n) is 1.43. The molecule has 72 valence electrons. The topological polar surface area (TPSA) is 20.7 Å². The zero-order chi connectivity index (χ0) is 10.1. The average molecular weight is 204 g/mol. The van der Waals surface area contributed by atoms with Crippen LogP contribution in [0.2, 0.25) is 0 Å². The van der Waals surface area contributed by atoms with E-state index in [2.05, 4.69) is 36.2 Å². The van der Waals surface area contributed by atoms with Crippen LogP contribution in [0.4, 0.5) is 0 Å². The summed E-state index contributed by atoms with van der Waals surface area (Å²) in [7, 11) is 1.97. The molecule has 0 saturated carbocycles. The van der Waals surface area contributed by atoms with E-state index in [0.29, 0.717) is 0 Å². The third kappa shape index (κ3) is 1.51. The molecule has 1 aromatic heterocycles. The highest BCUT2D eigenvalue weighted by atomic mass is 32.1. The van der Waals surface area contributed by atoms with Gasteiger partial charge in [-0.15, -0.1) is 0 Å². The van der Waals surface area contributed by atoms with Gasteiger partial charge in [-0.2, -0.15) is 0 Å². The Hall–Kier alpha value is -1.35. The molecule has 1 N–H and O–H groups in total. The number of nitrogens with zero attached hydrogens (tertiary/aromatic N) is 1. The van der Waals surface area contributed by atoms with Gasteiger partial charge in [-0.3, -0.25) is 0 Å². The molecule has 2 aromatic rings. The number of imidazole rings is 1. The fourth-order valence-corrected chi connectivity index (χ4v) is 1.59. The summed E-state index contributed by atoms with van der Waals surface area (Å²) in [6.45, 7) is 2.08. The van der Waals surface area contributed by atoms with Gasteiger partial charge in [-0.25, -0.2) is 0 Å². The van der Waals surface area contributed by atoms with Crippen molar-refractivity contribution in [2.45, 2.75) is 6.92 Å². The molecule has 0 fully saturated rings. The van der Waals surface area contributed by atoms with Gasteiger partial charge < -0.3 is 9.55 Å². The highest BCUT2D eigenvalue weighted by Crippen LogP contribution is 2.18. The number of hydrogen-bond donors (Lipinski definition) is 1. The number of aromatic amines is 1. The summed E-state index contributed by atoms with van der Waals surface area (Å²) >= 11 is 5.11. The summed E-state index contributed by atoms with van der Waals surface area (Å²) in [5.74, 6) is 0. The molecule has 0 bridgehead atoms. The van der Waals surface area contributed by atoms with Gasteiger partial charge in [0, 0.05) is 13.2 Å². The van der Waals surface area contributed by atoms with E-state index in [1.807, 2.05) is 17.8 Å². The van der Waals surface area contributed by atoms with Gasteiger partial charge in [0.2, 0.25) is 0 Å². The second-order valence-corrected chi connectivity index (χ2v) is 3.79. The lowest BCUT2D eigenvalue weighted by atomic mass is 10.1. The quantitative estimate of drug-likeness (QED) is 0.708. The predicted molar refractivity (Wildman–Crippen MR) is 60.8 cm³/mol. The molecule has 0 saturated heterocycles. The fraction of sp³-hybridized carbons (Fsp3) is 0.182. The minimum Gasteiger partial charge on any atom is -0.337 e. The van der Waals surface area contributed by atoms with Crippen LogP contribution in [0.25, 0.3) is 11.3 Å². The highest BCUT2D eigenvalue weighted by Gasteiger charge is 2.01.